The Balaban J connectivity index is 1.71. The van der Waals surface area contributed by atoms with Gasteiger partial charge in [-0.25, -0.2) is 4.79 Å². The minimum Gasteiger partial charge on any atom is -0.442 e. The molecule has 0 radical (unpaired) electrons. The number of aliphatic hydroxyl groups is 1. The molecule has 1 N–H and O–H groups in total. The second-order valence-corrected chi connectivity index (χ2v) is 7.48. The van der Waals surface area contributed by atoms with Crippen LogP contribution in [0.4, 0.5) is 19.0 Å². The molecule has 2 aliphatic rings. The third kappa shape index (κ3) is 3.97. The molecule has 1 fully saturated rings. The number of halogens is 3. The highest BCUT2D eigenvalue weighted by Crippen LogP contribution is 2.48. The van der Waals surface area contributed by atoms with E-state index in [1.54, 1.807) is 0 Å². The van der Waals surface area contributed by atoms with Crippen LogP contribution in [0.15, 0.2) is 38.8 Å². The van der Waals surface area contributed by atoms with Gasteiger partial charge in [-0.2, -0.15) is 4.99 Å². The van der Waals surface area contributed by atoms with Gasteiger partial charge in [0.2, 0.25) is 0 Å². The molecule has 0 saturated heterocycles. The first-order chi connectivity index (χ1) is 14.7. The molecule has 2 aromatic rings. The minimum absolute atomic E-state index is 0.103. The summed E-state index contributed by atoms with van der Waals surface area (Å²) in [4.78, 5) is 30.0. The quantitative estimate of drug-likeness (QED) is 0.772. The Morgan fingerprint density at radius 2 is 1.90 bits per heavy atom. The van der Waals surface area contributed by atoms with Crippen molar-refractivity contribution < 1.29 is 27.8 Å². The van der Waals surface area contributed by atoms with E-state index in [2.05, 4.69) is 9.73 Å². The summed E-state index contributed by atoms with van der Waals surface area (Å²) in [6.07, 6.45) is -3.16. The molecule has 31 heavy (non-hydrogen) atoms. The van der Waals surface area contributed by atoms with E-state index in [0.29, 0.717) is 18.4 Å². The Bertz CT molecular complexity index is 1150. The second kappa shape index (κ2) is 7.88. The van der Waals surface area contributed by atoms with E-state index in [0.717, 1.165) is 16.7 Å². The maximum Gasteiger partial charge on any atom is 0.573 e. The van der Waals surface area contributed by atoms with E-state index in [4.69, 9.17) is 9.84 Å². The van der Waals surface area contributed by atoms with Gasteiger partial charge in [0.25, 0.3) is 5.56 Å². The van der Waals surface area contributed by atoms with Crippen molar-refractivity contribution in [2.24, 2.45) is 18.0 Å². The molecule has 0 bridgehead atoms. The predicted octanol–water partition coefficient (Wildman–Crippen LogP) is 2.44. The highest BCUT2D eigenvalue weighted by molar-refractivity contribution is 5.87. The zero-order chi connectivity index (χ0) is 22.3. The van der Waals surface area contributed by atoms with Crippen LogP contribution in [0.2, 0.25) is 0 Å². The summed E-state index contributed by atoms with van der Waals surface area (Å²) in [6.45, 7) is -0.0439. The van der Waals surface area contributed by atoms with Crippen molar-refractivity contribution in [1.29, 1.82) is 0 Å². The second-order valence-electron chi connectivity index (χ2n) is 7.48. The number of hydrogen-bond donors (Lipinski definition) is 1. The fourth-order valence-corrected chi connectivity index (χ4v) is 3.95. The van der Waals surface area contributed by atoms with Crippen molar-refractivity contribution in [1.82, 2.24) is 9.13 Å². The number of benzene rings is 1. The van der Waals surface area contributed by atoms with Crippen LogP contribution in [0.3, 0.4) is 0 Å². The fourth-order valence-electron chi connectivity index (χ4n) is 3.95. The number of ether oxygens (including phenoxy) is 2. The monoisotopic (exact) mass is 439 g/mol. The average molecular weight is 439 g/mol. The normalized spacial score (nSPS) is 19.7. The van der Waals surface area contributed by atoms with Crippen LogP contribution in [0.5, 0.6) is 11.5 Å². The lowest BCUT2D eigenvalue weighted by molar-refractivity contribution is -0.274. The molecule has 0 spiro atoms. The van der Waals surface area contributed by atoms with Crippen LogP contribution in [-0.2, 0) is 13.6 Å². The highest BCUT2D eigenvalue weighted by Gasteiger charge is 2.44. The number of alkyl halides is 3. The van der Waals surface area contributed by atoms with E-state index in [9.17, 15) is 22.8 Å². The van der Waals surface area contributed by atoms with E-state index in [1.807, 2.05) is 0 Å². The molecule has 2 unspecified atom stereocenters. The van der Waals surface area contributed by atoms with Crippen molar-refractivity contribution >= 4 is 11.7 Å². The van der Waals surface area contributed by atoms with Crippen LogP contribution in [0.1, 0.15) is 30.7 Å². The summed E-state index contributed by atoms with van der Waals surface area (Å²) in [5, 5.41) is 9.05. The molecule has 11 heteroatoms. The van der Waals surface area contributed by atoms with Crippen LogP contribution in [0, 0.1) is 5.92 Å². The maximum absolute atomic E-state index is 13.0. The molecule has 2 heterocycles. The average Bonchev–Trinajstić information content (AvgIpc) is 2.66. The standard InChI is InChI=1S/C20H20F3N3O5/c1-25-16-15(18(28)26(19(25)29)8-3-9-27)13-6-7-14(13)17(24-16)30-11-4-2-5-12(10-11)31-20(21,22)23/h2,4-5,10,13-14,27H,3,6-9H2,1H3. The van der Waals surface area contributed by atoms with E-state index in [1.165, 1.54) is 23.7 Å². The van der Waals surface area contributed by atoms with Crippen LogP contribution >= 0.6 is 0 Å². The van der Waals surface area contributed by atoms with Gasteiger partial charge in [0, 0.05) is 38.1 Å². The summed E-state index contributed by atoms with van der Waals surface area (Å²) in [5.74, 6) is -0.292. The Morgan fingerprint density at radius 3 is 2.55 bits per heavy atom. The summed E-state index contributed by atoms with van der Waals surface area (Å²) < 4.78 is 49.5. The van der Waals surface area contributed by atoms with Gasteiger partial charge in [0.1, 0.15) is 17.3 Å². The van der Waals surface area contributed by atoms with Gasteiger partial charge in [0.05, 0.1) is 5.56 Å². The smallest absolute Gasteiger partial charge is 0.442 e. The molecular formula is C20H20F3N3O5. The SMILES string of the molecule is Cn1c2c(c(=O)n(CCCO)c1=O)C1CCC1C(Oc1cccc(OC(F)(F)F)c1)=N2. The predicted molar refractivity (Wildman–Crippen MR) is 104 cm³/mol. The molecule has 1 aliphatic heterocycles. The van der Waals surface area contributed by atoms with Crippen LogP contribution < -0.4 is 20.7 Å². The fraction of sp³-hybridized carbons (Fsp3) is 0.450. The summed E-state index contributed by atoms with van der Waals surface area (Å²) in [7, 11) is 1.49. The molecule has 1 aromatic carbocycles. The molecule has 1 saturated carbocycles. The number of nitrogens with zero attached hydrogens (tertiary/aromatic N) is 3. The van der Waals surface area contributed by atoms with Gasteiger partial charge in [0.15, 0.2) is 5.90 Å². The summed E-state index contributed by atoms with van der Waals surface area (Å²) >= 11 is 0. The van der Waals surface area contributed by atoms with Gasteiger partial charge in [-0.3, -0.25) is 13.9 Å². The lowest BCUT2D eigenvalue weighted by Gasteiger charge is -2.40. The van der Waals surface area contributed by atoms with Crippen molar-refractivity contribution in [3.05, 3.63) is 50.7 Å². The number of fused-ring (bicyclic) bond motifs is 3. The van der Waals surface area contributed by atoms with Crippen molar-refractivity contribution in [3.63, 3.8) is 0 Å². The lowest BCUT2D eigenvalue weighted by Crippen LogP contribution is -2.47. The molecular weight excluding hydrogens is 419 g/mol. The summed E-state index contributed by atoms with van der Waals surface area (Å²) in [5.41, 5.74) is -0.555. The Morgan fingerprint density at radius 1 is 1.19 bits per heavy atom. The van der Waals surface area contributed by atoms with E-state index >= 15 is 0 Å². The molecule has 2 atom stereocenters. The molecule has 8 nitrogen and oxygen atoms in total. The zero-order valence-electron chi connectivity index (χ0n) is 16.6. The number of hydrogen-bond acceptors (Lipinski definition) is 6. The Hall–Kier alpha value is -3.08. The van der Waals surface area contributed by atoms with E-state index < -0.39 is 23.4 Å². The van der Waals surface area contributed by atoms with Gasteiger partial charge in [-0.1, -0.05) is 6.07 Å². The van der Waals surface area contributed by atoms with Crippen LogP contribution in [-0.4, -0.2) is 33.1 Å². The Kier molecular flexibility index (Phi) is 5.38. The number of aromatic nitrogens is 2. The number of aliphatic hydroxyl groups excluding tert-OH is 1. The van der Waals surface area contributed by atoms with Gasteiger partial charge in [-0.05, 0) is 31.4 Å². The number of rotatable bonds is 5. The number of aliphatic imine (C=N–C) groups is 1. The molecule has 4 rings (SSSR count). The van der Waals surface area contributed by atoms with E-state index in [-0.39, 0.29) is 48.9 Å². The van der Waals surface area contributed by atoms with Gasteiger partial charge >= 0.3 is 12.1 Å². The first-order valence-corrected chi connectivity index (χ1v) is 9.76. The zero-order valence-corrected chi connectivity index (χ0v) is 16.6. The first kappa shape index (κ1) is 21.2. The van der Waals surface area contributed by atoms with Crippen molar-refractivity contribution in [3.8, 4) is 11.5 Å². The largest absolute Gasteiger partial charge is 0.573 e. The topological polar surface area (TPSA) is 95.0 Å². The van der Waals surface area contributed by atoms with Gasteiger partial charge < -0.3 is 14.6 Å². The maximum atomic E-state index is 13.0. The Labute approximate surface area is 174 Å². The highest BCUT2D eigenvalue weighted by atomic mass is 19.4. The molecule has 1 aliphatic carbocycles. The van der Waals surface area contributed by atoms with Gasteiger partial charge in [-0.15, -0.1) is 13.2 Å². The third-order valence-corrected chi connectivity index (χ3v) is 5.53. The molecule has 0 amide bonds. The molecule has 166 valence electrons. The first-order valence-electron chi connectivity index (χ1n) is 9.76. The van der Waals surface area contributed by atoms with Crippen LogP contribution in [0.25, 0.3) is 0 Å². The summed E-state index contributed by atoms with van der Waals surface area (Å²) in [6, 6.07) is 5.09. The minimum atomic E-state index is -4.83. The van der Waals surface area contributed by atoms with Crippen molar-refractivity contribution in [2.75, 3.05) is 6.61 Å². The molecule has 1 aromatic heterocycles. The van der Waals surface area contributed by atoms with Crippen molar-refractivity contribution in [2.45, 2.75) is 38.1 Å². The lowest BCUT2D eigenvalue weighted by atomic mass is 9.69. The third-order valence-electron chi connectivity index (χ3n) is 5.53.